The highest BCUT2D eigenvalue weighted by atomic mass is 35.5. The zero-order chi connectivity index (χ0) is 18.3. The van der Waals surface area contributed by atoms with Gasteiger partial charge in [0.05, 0.1) is 12.6 Å². The maximum atomic E-state index is 12.3. The van der Waals surface area contributed by atoms with Gasteiger partial charge >= 0.3 is 6.61 Å². The summed E-state index contributed by atoms with van der Waals surface area (Å²) in [4.78, 5) is 23.4. The summed E-state index contributed by atoms with van der Waals surface area (Å²) in [5.41, 5.74) is 5.94. The summed E-state index contributed by atoms with van der Waals surface area (Å²) in [6, 6.07) is 3.39. The van der Waals surface area contributed by atoms with Crippen LogP contribution in [0.1, 0.15) is 19.4 Å². The molecule has 0 spiro atoms. The largest absolute Gasteiger partial charge is 0.434 e. The second-order valence-corrected chi connectivity index (χ2v) is 5.83. The number of benzene rings is 1. The first kappa shape index (κ1) is 20.1. The topological polar surface area (TPSA) is 93.5 Å². The molecule has 0 aliphatic carbocycles. The van der Waals surface area contributed by atoms with Gasteiger partial charge in [-0.1, -0.05) is 25.4 Å². The van der Waals surface area contributed by atoms with Gasteiger partial charge in [-0.25, -0.2) is 0 Å². The van der Waals surface area contributed by atoms with E-state index >= 15 is 0 Å². The van der Waals surface area contributed by atoms with E-state index in [2.05, 4.69) is 15.4 Å². The van der Waals surface area contributed by atoms with Crippen molar-refractivity contribution in [2.24, 2.45) is 11.7 Å². The predicted octanol–water partition coefficient (Wildman–Crippen LogP) is 1.66. The first-order valence-electron chi connectivity index (χ1n) is 7.24. The molecule has 1 rings (SSSR count). The van der Waals surface area contributed by atoms with E-state index in [-0.39, 0.29) is 24.8 Å². The summed E-state index contributed by atoms with van der Waals surface area (Å²) in [7, 11) is 0. The van der Waals surface area contributed by atoms with Crippen LogP contribution in [0.15, 0.2) is 18.2 Å². The maximum Gasteiger partial charge on any atom is 0.387 e. The van der Waals surface area contributed by atoms with Crippen molar-refractivity contribution in [2.45, 2.75) is 33.0 Å². The highest BCUT2D eigenvalue weighted by Gasteiger charge is 2.17. The van der Waals surface area contributed by atoms with Gasteiger partial charge in [0, 0.05) is 17.1 Å². The van der Waals surface area contributed by atoms with Crippen LogP contribution in [0.4, 0.5) is 8.78 Å². The normalized spacial score (nSPS) is 12.2. The first-order chi connectivity index (χ1) is 11.2. The lowest BCUT2D eigenvalue weighted by Crippen LogP contribution is -2.47. The SMILES string of the molecule is CC(C)[C@H](N)C(=O)NCC(=O)NCc1cc(Cl)ccc1OC(F)F. The quantitative estimate of drug-likeness (QED) is 0.654. The predicted molar refractivity (Wildman–Crippen MR) is 85.8 cm³/mol. The van der Waals surface area contributed by atoms with Gasteiger partial charge in [-0.3, -0.25) is 9.59 Å². The van der Waals surface area contributed by atoms with E-state index in [1.165, 1.54) is 18.2 Å². The molecule has 24 heavy (non-hydrogen) atoms. The van der Waals surface area contributed by atoms with Crippen LogP contribution >= 0.6 is 11.6 Å². The second-order valence-electron chi connectivity index (χ2n) is 5.39. The van der Waals surface area contributed by atoms with Crippen molar-refractivity contribution in [3.05, 3.63) is 28.8 Å². The van der Waals surface area contributed by atoms with E-state index in [1.54, 1.807) is 13.8 Å². The Morgan fingerprint density at radius 2 is 1.96 bits per heavy atom. The zero-order valence-corrected chi connectivity index (χ0v) is 14.1. The van der Waals surface area contributed by atoms with Crippen molar-refractivity contribution in [2.75, 3.05) is 6.54 Å². The molecule has 0 aliphatic heterocycles. The number of ether oxygens (including phenoxy) is 1. The molecule has 4 N–H and O–H groups in total. The molecular formula is C15H20ClF2N3O3. The van der Waals surface area contributed by atoms with Gasteiger partial charge in [0.25, 0.3) is 0 Å². The lowest BCUT2D eigenvalue weighted by molar-refractivity contribution is -0.127. The lowest BCUT2D eigenvalue weighted by Gasteiger charge is -2.15. The molecule has 1 aromatic rings. The molecule has 1 atom stereocenters. The standard InChI is InChI=1S/C15H20ClF2N3O3/c1-8(2)13(19)14(23)21-7-12(22)20-6-9-5-10(16)3-4-11(9)24-15(17)18/h3-5,8,13,15H,6-7,19H2,1-2H3,(H,20,22)(H,21,23)/t13-/m0/s1. The Kier molecular flexibility index (Phi) is 7.87. The lowest BCUT2D eigenvalue weighted by atomic mass is 10.1. The van der Waals surface area contributed by atoms with Gasteiger partial charge < -0.3 is 21.1 Å². The van der Waals surface area contributed by atoms with Gasteiger partial charge in [0.15, 0.2) is 0 Å². The number of hydrogen-bond donors (Lipinski definition) is 3. The summed E-state index contributed by atoms with van der Waals surface area (Å²) >= 11 is 5.81. The molecule has 0 saturated carbocycles. The fourth-order valence-electron chi connectivity index (χ4n) is 1.74. The summed E-state index contributed by atoms with van der Waals surface area (Å²) in [6.07, 6.45) is 0. The number of rotatable bonds is 8. The minimum atomic E-state index is -2.99. The van der Waals surface area contributed by atoms with Crippen molar-refractivity contribution < 1.29 is 23.1 Å². The molecule has 0 bridgehead atoms. The van der Waals surface area contributed by atoms with Crippen LogP contribution in [0, 0.1) is 5.92 Å². The number of amides is 2. The molecule has 0 aromatic heterocycles. The molecule has 2 amide bonds. The first-order valence-corrected chi connectivity index (χ1v) is 7.61. The van der Waals surface area contributed by atoms with Crippen LogP contribution in [-0.4, -0.2) is 31.0 Å². The molecule has 134 valence electrons. The monoisotopic (exact) mass is 363 g/mol. The van der Waals surface area contributed by atoms with Crippen LogP contribution in [0.2, 0.25) is 5.02 Å². The van der Waals surface area contributed by atoms with Crippen LogP contribution < -0.4 is 21.1 Å². The second kappa shape index (κ2) is 9.39. The van der Waals surface area contributed by atoms with E-state index < -0.39 is 24.5 Å². The van der Waals surface area contributed by atoms with Crippen LogP contribution in [0.25, 0.3) is 0 Å². The van der Waals surface area contributed by atoms with Crippen LogP contribution in [-0.2, 0) is 16.1 Å². The summed E-state index contributed by atoms with van der Waals surface area (Å²) in [5.74, 6) is -1.08. The molecule has 9 heteroatoms. The highest BCUT2D eigenvalue weighted by molar-refractivity contribution is 6.30. The van der Waals surface area contributed by atoms with Gasteiger partial charge in [0.1, 0.15) is 5.75 Å². The van der Waals surface area contributed by atoms with E-state index in [0.717, 1.165) is 0 Å². The van der Waals surface area contributed by atoms with E-state index in [0.29, 0.717) is 10.6 Å². The number of carbonyl (C=O) groups is 2. The van der Waals surface area contributed by atoms with Crippen LogP contribution in [0.5, 0.6) is 5.75 Å². The van der Waals surface area contributed by atoms with Crippen molar-refractivity contribution >= 4 is 23.4 Å². The molecule has 0 fully saturated rings. The van der Waals surface area contributed by atoms with E-state index in [1.807, 2.05) is 0 Å². The molecular weight excluding hydrogens is 344 g/mol. The smallest absolute Gasteiger partial charge is 0.387 e. The van der Waals surface area contributed by atoms with E-state index in [9.17, 15) is 18.4 Å². The average molecular weight is 364 g/mol. The van der Waals surface area contributed by atoms with Crippen molar-refractivity contribution in [1.29, 1.82) is 0 Å². The number of nitrogens with two attached hydrogens (primary N) is 1. The third-order valence-electron chi connectivity index (χ3n) is 3.16. The fraction of sp³-hybridized carbons (Fsp3) is 0.467. The van der Waals surface area contributed by atoms with Crippen molar-refractivity contribution in [3.8, 4) is 5.75 Å². The zero-order valence-electron chi connectivity index (χ0n) is 13.3. The number of alkyl halides is 2. The van der Waals surface area contributed by atoms with Gasteiger partial charge in [0.2, 0.25) is 11.8 Å². The molecule has 0 radical (unpaired) electrons. The minimum Gasteiger partial charge on any atom is -0.434 e. The van der Waals surface area contributed by atoms with E-state index in [4.69, 9.17) is 17.3 Å². The summed E-state index contributed by atoms with van der Waals surface area (Å²) in [6.45, 7) is 0.234. The number of nitrogens with one attached hydrogen (secondary N) is 2. The highest BCUT2D eigenvalue weighted by Crippen LogP contribution is 2.24. The molecule has 0 aliphatic rings. The third-order valence-corrected chi connectivity index (χ3v) is 3.39. The van der Waals surface area contributed by atoms with Gasteiger partial charge in [-0.2, -0.15) is 8.78 Å². The van der Waals surface area contributed by atoms with Gasteiger partial charge in [-0.05, 0) is 24.1 Å². The summed E-state index contributed by atoms with van der Waals surface area (Å²) in [5, 5.41) is 5.21. The Morgan fingerprint density at radius 3 is 2.54 bits per heavy atom. The molecule has 0 heterocycles. The Labute approximate surface area is 143 Å². The Bertz CT molecular complexity index is 585. The average Bonchev–Trinajstić information content (AvgIpc) is 2.51. The van der Waals surface area contributed by atoms with Crippen molar-refractivity contribution in [3.63, 3.8) is 0 Å². The number of carbonyl (C=O) groups excluding carboxylic acids is 2. The van der Waals surface area contributed by atoms with Gasteiger partial charge in [-0.15, -0.1) is 0 Å². The number of hydrogen-bond acceptors (Lipinski definition) is 4. The van der Waals surface area contributed by atoms with Crippen LogP contribution in [0.3, 0.4) is 0 Å². The Morgan fingerprint density at radius 1 is 1.29 bits per heavy atom. The Balaban J connectivity index is 2.55. The molecule has 0 saturated heterocycles. The Hall–Kier alpha value is -1.93. The summed E-state index contributed by atoms with van der Waals surface area (Å²) < 4.78 is 29.1. The number of halogens is 3. The maximum absolute atomic E-state index is 12.3. The molecule has 1 aromatic carbocycles. The van der Waals surface area contributed by atoms with Crippen molar-refractivity contribution in [1.82, 2.24) is 10.6 Å². The molecule has 0 unspecified atom stereocenters. The third kappa shape index (κ3) is 6.67. The minimum absolute atomic E-state index is 0.0615. The fourth-order valence-corrected chi connectivity index (χ4v) is 1.94. The molecule has 6 nitrogen and oxygen atoms in total.